The average molecular weight is 215 g/mol. The van der Waals surface area contributed by atoms with E-state index in [4.69, 9.17) is 5.73 Å². The molecule has 2 N–H and O–H groups in total. The van der Waals surface area contributed by atoms with Crippen molar-refractivity contribution in [1.29, 1.82) is 0 Å². The van der Waals surface area contributed by atoms with Gasteiger partial charge in [-0.15, -0.1) is 0 Å². The number of hydrogen-bond acceptors (Lipinski definition) is 3. The highest BCUT2D eigenvalue weighted by atomic mass is 16.1. The van der Waals surface area contributed by atoms with Gasteiger partial charge in [0.25, 0.3) is 0 Å². The minimum absolute atomic E-state index is 0.0854. The molecule has 0 aliphatic rings. The number of carbonyl (C=O) groups is 1. The predicted molar refractivity (Wildman–Crippen MR) is 62.2 cm³/mol. The zero-order valence-corrected chi connectivity index (χ0v) is 9.05. The number of hydrogen-bond donors (Lipinski definition) is 1. The molecule has 0 spiro atoms. The maximum atomic E-state index is 12.1. The summed E-state index contributed by atoms with van der Waals surface area (Å²) in [6.07, 6.45) is 3.30. The first-order valence-electron chi connectivity index (χ1n) is 5.14. The number of anilines is 1. The van der Waals surface area contributed by atoms with Gasteiger partial charge in [-0.25, -0.2) is 0 Å². The summed E-state index contributed by atoms with van der Waals surface area (Å²) in [7, 11) is 0. The van der Waals surface area contributed by atoms with Gasteiger partial charge < -0.3 is 5.73 Å². The standard InChI is InChI=1S/C12H13N3O/c1-2-15-8-9(7-14-15)12(16)10-5-3-4-6-11(10)13/h3-8H,2,13H2,1H3. The number of nitrogens with two attached hydrogens (primary N) is 1. The minimum Gasteiger partial charge on any atom is -0.398 e. The summed E-state index contributed by atoms with van der Waals surface area (Å²) in [4.78, 5) is 12.1. The number of aryl methyl sites for hydroxylation is 1. The van der Waals surface area contributed by atoms with Crippen molar-refractivity contribution in [3.05, 3.63) is 47.8 Å². The first-order chi connectivity index (χ1) is 7.72. The van der Waals surface area contributed by atoms with Crippen LogP contribution in [-0.2, 0) is 6.54 Å². The van der Waals surface area contributed by atoms with Crippen molar-refractivity contribution >= 4 is 11.5 Å². The van der Waals surface area contributed by atoms with Gasteiger partial charge in [-0.05, 0) is 19.1 Å². The molecular weight excluding hydrogens is 202 g/mol. The van der Waals surface area contributed by atoms with Crippen molar-refractivity contribution in [2.75, 3.05) is 5.73 Å². The van der Waals surface area contributed by atoms with Crippen LogP contribution in [0.1, 0.15) is 22.8 Å². The summed E-state index contributed by atoms with van der Waals surface area (Å²) in [5, 5.41) is 4.07. The van der Waals surface area contributed by atoms with Crippen molar-refractivity contribution in [1.82, 2.24) is 9.78 Å². The molecular formula is C12H13N3O. The van der Waals surface area contributed by atoms with Crippen LogP contribution < -0.4 is 5.73 Å². The maximum Gasteiger partial charge on any atom is 0.198 e. The smallest absolute Gasteiger partial charge is 0.198 e. The highest BCUT2D eigenvalue weighted by Crippen LogP contribution is 2.15. The summed E-state index contributed by atoms with van der Waals surface area (Å²) in [6.45, 7) is 2.72. The van der Waals surface area contributed by atoms with Crippen LogP contribution >= 0.6 is 0 Å². The Morgan fingerprint density at radius 3 is 2.81 bits per heavy atom. The Bertz CT molecular complexity index is 516. The highest BCUT2D eigenvalue weighted by molar-refractivity contribution is 6.11. The van der Waals surface area contributed by atoms with Gasteiger partial charge >= 0.3 is 0 Å². The van der Waals surface area contributed by atoms with E-state index in [2.05, 4.69) is 5.10 Å². The van der Waals surface area contributed by atoms with Crippen LogP contribution in [0.3, 0.4) is 0 Å². The third-order valence-corrected chi connectivity index (χ3v) is 2.42. The first kappa shape index (κ1) is 10.4. The van der Waals surface area contributed by atoms with Gasteiger partial charge in [-0.1, -0.05) is 12.1 Å². The van der Waals surface area contributed by atoms with Gasteiger partial charge in [0.05, 0.1) is 11.8 Å². The van der Waals surface area contributed by atoms with Crippen LogP contribution in [0.25, 0.3) is 0 Å². The Hall–Kier alpha value is -2.10. The summed E-state index contributed by atoms with van der Waals surface area (Å²) in [5.41, 5.74) is 7.34. The Morgan fingerprint density at radius 2 is 2.19 bits per heavy atom. The zero-order valence-electron chi connectivity index (χ0n) is 9.05. The van der Waals surface area contributed by atoms with Gasteiger partial charge in [-0.2, -0.15) is 5.10 Å². The van der Waals surface area contributed by atoms with E-state index in [1.807, 2.05) is 13.0 Å². The molecule has 4 heteroatoms. The lowest BCUT2D eigenvalue weighted by Crippen LogP contribution is -2.04. The molecule has 16 heavy (non-hydrogen) atoms. The fourth-order valence-corrected chi connectivity index (χ4v) is 1.51. The third kappa shape index (κ3) is 1.82. The highest BCUT2D eigenvalue weighted by Gasteiger charge is 2.13. The molecule has 0 radical (unpaired) electrons. The largest absolute Gasteiger partial charge is 0.398 e. The van der Waals surface area contributed by atoms with Gasteiger partial charge in [0.2, 0.25) is 0 Å². The summed E-state index contributed by atoms with van der Waals surface area (Å²) < 4.78 is 1.71. The molecule has 0 fully saturated rings. The van der Waals surface area contributed by atoms with E-state index in [-0.39, 0.29) is 5.78 Å². The summed E-state index contributed by atoms with van der Waals surface area (Å²) in [6, 6.07) is 7.05. The van der Waals surface area contributed by atoms with Gasteiger partial charge in [-0.3, -0.25) is 9.48 Å². The van der Waals surface area contributed by atoms with E-state index in [9.17, 15) is 4.79 Å². The molecule has 0 unspecified atom stereocenters. The molecule has 2 rings (SSSR count). The molecule has 4 nitrogen and oxygen atoms in total. The molecule has 0 bridgehead atoms. The van der Waals surface area contributed by atoms with Crippen molar-refractivity contribution in [2.45, 2.75) is 13.5 Å². The lowest BCUT2D eigenvalue weighted by molar-refractivity contribution is 0.103. The van der Waals surface area contributed by atoms with Gasteiger partial charge in [0, 0.05) is 24.0 Å². The average Bonchev–Trinajstić information content (AvgIpc) is 2.77. The molecule has 1 heterocycles. The van der Waals surface area contributed by atoms with Crippen LogP contribution in [0.4, 0.5) is 5.69 Å². The Kier molecular flexibility index (Phi) is 2.72. The van der Waals surface area contributed by atoms with E-state index in [1.54, 1.807) is 35.3 Å². The van der Waals surface area contributed by atoms with Gasteiger partial charge in [0.1, 0.15) is 0 Å². The number of carbonyl (C=O) groups excluding carboxylic acids is 1. The van der Waals surface area contributed by atoms with Gasteiger partial charge in [0.15, 0.2) is 5.78 Å². The SMILES string of the molecule is CCn1cc(C(=O)c2ccccc2N)cn1. The fourth-order valence-electron chi connectivity index (χ4n) is 1.51. The number of para-hydroxylation sites is 1. The van der Waals surface area contributed by atoms with E-state index < -0.39 is 0 Å². The number of nitrogen functional groups attached to an aromatic ring is 1. The number of aromatic nitrogens is 2. The van der Waals surface area contributed by atoms with Crippen molar-refractivity contribution in [2.24, 2.45) is 0 Å². The number of benzene rings is 1. The second-order valence-corrected chi connectivity index (χ2v) is 3.50. The van der Waals surface area contributed by atoms with E-state index in [0.29, 0.717) is 16.8 Å². The molecule has 0 aliphatic carbocycles. The van der Waals surface area contributed by atoms with Crippen LogP contribution in [0.2, 0.25) is 0 Å². The van der Waals surface area contributed by atoms with Crippen molar-refractivity contribution in [3.8, 4) is 0 Å². The molecule has 2 aromatic rings. The van der Waals surface area contributed by atoms with Crippen LogP contribution in [0.15, 0.2) is 36.7 Å². The second kappa shape index (κ2) is 4.18. The van der Waals surface area contributed by atoms with Crippen LogP contribution in [-0.4, -0.2) is 15.6 Å². The first-order valence-corrected chi connectivity index (χ1v) is 5.14. The number of nitrogens with zero attached hydrogens (tertiary/aromatic N) is 2. The molecule has 82 valence electrons. The topological polar surface area (TPSA) is 60.9 Å². The Balaban J connectivity index is 2.35. The molecule has 0 atom stereocenters. The van der Waals surface area contributed by atoms with Crippen LogP contribution in [0, 0.1) is 0 Å². The lowest BCUT2D eigenvalue weighted by Gasteiger charge is -2.01. The zero-order chi connectivity index (χ0) is 11.5. The van der Waals surface area contributed by atoms with Crippen molar-refractivity contribution in [3.63, 3.8) is 0 Å². The van der Waals surface area contributed by atoms with E-state index in [0.717, 1.165) is 6.54 Å². The number of rotatable bonds is 3. The number of ketones is 1. The van der Waals surface area contributed by atoms with E-state index in [1.165, 1.54) is 0 Å². The lowest BCUT2D eigenvalue weighted by atomic mass is 10.0. The normalized spacial score (nSPS) is 10.3. The molecule has 0 aliphatic heterocycles. The minimum atomic E-state index is -0.0854. The van der Waals surface area contributed by atoms with E-state index >= 15 is 0 Å². The third-order valence-electron chi connectivity index (χ3n) is 2.42. The quantitative estimate of drug-likeness (QED) is 0.626. The Morgan fingerprint density at radius 1 is 1.44 bits per heavy atom. The van der Waals surface area contributed by atoms with Crippen molar-refractivity contribution < 1.29 is 4.79 Å². The maximum absolute atomic E-state index is 12.1. The fraction of sp³-hybridized carbons (Fsp3) is 0.167. The Labute approximate surface area is 93.7 Å². The molecule has 1 aromatic heterocycles. The summed E-state index contributed by atoms with van der Waals surface area (Å²) in [5.74, 6) is -0.0854. The molecule has 1 aromatic carbocycles. The predicted octanol–water partition coefficient (Wildman–Crippen LogP) is 1.72. The van der Waals surface area contributed by atoms with Crippen LogP contribution in [0.5, 0.6) is 0 Å². The summed E-state index contributed by atoms with van der Waals surface area (Å²) >= 11 is 0. The molecule has 0 amide bonds. The molecule has 0 saturated carbocycles. The monoisotopic (exact) mass is 215 g/mol. The molecule has 0 saturated heterocycles. The second-order valence-electron chi connectivity index (χ2n) is 3.50.